The Labute approximate surface area is 781 Å². The summed E-state index contributed by atoms with van der Waals surface area (Å²) in [4.78, 5) is 0. The summed E-state index contributed by atoms with van der Waals surface area (Å²) in [6.07, 6.45) is 28.7. The van der Waals surface area contributed by atoms with Crippen molar-refractivity contribution < 1.29 is 0 Å². The Balaban J connectivity index is 0.000000162. The molecule has 16 rings (SSSR count). The molecule has 0 radical (unpaired) electrons. The van der Waals surface area contributed by atoms with Crippen LogP contribution in [0.4, 0.5) is 0 Å². The number of aryl methyl sites for hydroxylation is 18. The average Bonchev–Trinajstić information content (AvgIpc) is 0.744. The van der Waals surface area contributed by atoms with Crippen molar-refractivity contribution in [3.63, 3.8) is 0 Å². The summed E-state index contributed by atoms with van der Waals surface area (Å²) in [5, 5.41) is 0. The summed E-state index contributed by atoms with van der Waals surface area (Å²) in [6, 6.07) is 84.8. The molecular weight excluding hydrogens is 1540 g/mol. The minimum atomic E-state index is -0.214. The maximum atomic E-state index is 2.65. The van der Waals surface area contributed by atoms with E-state index in [9.17, 15) is 0 Å². The lowest BCUT2D eigenvalue weighted by molar-refractivity contribution is 0.234. The number of hydrogen-bond donors (Lipinski definition) is 0. The molecule has 4 fully saturated rings. The van der Waals surface area contributed by atoms with Gasteiger partial charge in [-0.2, -0.15) is 0 Å². The lowest BCUT2D eigenvalue weighted by atomic mass is 9.70. The van der Waals surface area contributed by atoms with Crippen molar-refractivity contribution in [1.29, 1.82) is 0 Å². The Hall–Kier alpha value is -9.36. The lowest BCUT2D eigenvalue weighted by Crippen LogP contribution is -2.26. The molecule has 4 saturated carbocycles. The normalized spacial score (nSPS) is 15.9. The Kier molecular flexibility index (Phi) is 35.6. The molecule has 676 valence electrons. The second-order valence-electron chi connectivity index (χ2n) is 41.9. The van der Waals surface area contributed by atoms with Gasteiger partial charge in [0, 0.05) is 16.7 Å². The summed E-state index contributed by atoms with van der Waals surface area (Å²) < 4.78 is 0. The molecule has 0 heterocycles. The van der Waals surface area contributed by atoms with Gasteiger partial charge in [0.15, 0.2) is 0 Å². The highest BCUT2D eigenvalue weighted by molar-refractivity contribution is 5.59. The summed E-state index contributed by atoms with van der Waals surface area (Å²) in [5.41, 5.74) is 49.8. The van der Waals surface area contributed by atoms with Crippen LogP contribution in [0.1, 0.15) is 382 Å². The minimum Gasteiger partial charge on any atom is -0.0625 e. The zero-order valence-electron chi connectivity index (χ0n) is 84.8. The topological polar surface area (TPSA) is 0 Å². The smallest absolute Gasteiger partial charge is 0.0423 e. The van der Waals surface area contributed by atoms with Gasteiger partial charge in [-0.3, -0.25) is 0 Å². The third kappa shape index (κ3) is 26.1. The summed E-state index contributed by atoms with van der Waals surface area (Å²) in [6.45, 7) is 58.9. The van der Waals surface area contributed by atoms with E-state index in [-0.39, 0.29) is 16.7 Å². The van der Waals surface area contributed by atoms with Crippen LogP contribution in [-0.2, 0) is 23.7 Å². The van der Waals surface area contributed by atoms with Crippen molar-refractivity contribution in [3.05, 3.63) is 419 Å². The molecule has 0 N–H and O–H groups in total. The molecule has 0 aromatic heterocycles. The quantitative estimate of drug-likeness (QED) is 0.0846. The Morgan fingerprint density at radius 2 is 0.648 bits per heavy atom. The minimum absolute atomic E-state index is 0.0453. The van der Waals surface area contributed by atoms with Crippen molar-refractivity contribution in [2.75, 3.05) is 0 Å². The highest BCUT2D eigenvalue weighted by Gasteiger charge is 2.34. The van der Waals surface area contributed by atoms with Crippen LogP contribution in [0.15, 0.2) is 224 Å². The SMILES string of the molecule is CC1CCC(C(C)C)CC1.Cc1cc(C)c(Cc2cc(Cc3cc(C)c(C)cc3C)c(C)c(C3CCCCC3)c2)cc1C.Cc1ccc(C(C)(C)c2ccc(C(C)(c3ccc(C)cc3)c3ccc(C)cc3)cc2)cc1.Cc1ccc(C)cc1.Cc1ccc(C)cc1.Cc1cccc(C(c2cc(C3CCCCC3)c(C)cc2C)c2c(C)cc(C)c(C3CCCCC3)c2C)c1. The van der Waals surface area contributed by atoms with Gasteiger partial charge in [0.2, 0.25) is 0 Å². The number of benzene rings is 12. The third-order valence-corrected chi connectivity index (χ3v) is 30.8. The summed E-state index contributed by atoms with van der Waals surface area (Å²) >= 11 is 0. The van der Waals surface area contributed by atoms with Crippen molar-refractivity contribution >= 4 is 0 Å². The van der Waals surface area contributed by atoms with E-state index in [1.807, 2.05) is 0 Å². The van der Waals surface area contributed by atoms with Crippen LogP contribution < -0.4 is 0 Å². The fourth-order valence-corrected chi connectivity index (χ4v) is 21.8. The van der Waals surface area contributed by atoms with Crippen LogP contribution in [0.25, 0.3) is 0 Å². The maximum Gasteiger partial charge on any atom is 0.0423 e. The standard InChI is InChI=1S/C37H48.C33H42.C32H34.C10H20.2C8H10/c1-24-14-13-19-32(20-24)37(34-23-33(25(2)21-26(34)3)30-15-9-7-10-16-30)36-28(5)22-27(4)35(29(36)6)31-17-11-8-12-18-31;1-21-13-25(5)30(15-23(21)3)17-28-18-32(20-31-16-24(4)22(2)14-26(31)6)27(7)33(19-28)29-11-9-8-10-12-29;1-23-7-13-26(14-8-23)31(4,5)27-19-21-30(22-20-27)32(6,28-15-9-24(2)10-16-28)29-17-11-25(3)12-18-29;1-8(2)10-6-4-9(3)5-7-10;2*1-7-3-5-8(2)6-4-7/h13-14,19-23,30-31,37H,7-12,15-18H2,1-6H3;13-16,18-19,29H,8-12,17,20H2,1-7H3;7-22H,1-6H3;8-10H,4-7H2,1-3H3;2*3-6H,1-2H3. The Morgan fingerprint density at radius 1 is 0.281 bits per heavy atom. The van der Waals surface area contributed by atoms with E-state index in [4.69, 9.17) is 0 Å². The van der Waals surface area contributed by atoms with Gasteiger partial charge >= 0.3 is 0 Å². The molecule has 128 heavy (non-hydrogen) atoms. The third-order valence-electron chi connectivity index (χ3n) is 30.8. The van der Waals surface area contributed by atoms with Crippen molar-refractivity contribution in [3.8, 4) is 0 Å². The van der Waals surface area contributed by atoms with Gasteiger partial charge in [-0.15, -0.1) is 0 Å². The molecule has 0 saturated heterocycles. The van der Waals surface area contributed by atoms with Crippen LogP contribution in [-0.4, -0.2) is 0 Å². The molecule has 1 unspecified atom stereocenters. The van der Waals surface area contributed by atoms with E-state index in [0.29, 0.717) is 0 Å². The van der Waals surface area contributed by atoms with E-state index >= 15 is 0 Å². The molecule has 0 aliphatic heterocycles. The monoisotopic (exact) mass is 1700 g/mol. The van der Waals surface area contributed by atoms with Gasteiger partial charge < -0.3 is 0 Å². The van der Waals surface area contributed by atoms with Crippen molar-refractivity contribution in [2.45, 2.75) is 349 Å². The fraction of sp³-hybridized carbons (Fsp3) is 0.438. The van der Waals surface area contributed by atoms with E-state index in [1.54, 1.807) is 33.4 Å². The van der Waals surface area contributed by atoms with Crippen LogP contribution >= 0.6 is 0 Å². The predicted octanol–water partition coefficient (Wildman–Crippen LogP) is 36.3. The molecule has 4 aliphatic carbocycles. The Bertz CT molecular complexity index is 5400. The van der Waals surface area contributed by atoms with Crippen molar-refractivity contribution in [1.82, 2.24) is 0 Å². The van der Waals surface area contributed by atoms with Gasteiger partial charge in [-0.25, -0.2) is 0 Å². The first kappa shape index (κ1) is 99.2. The van der Waals surface area contributed by atoms with E-state index < -0.39 is 0 Å². The molecule has 4 aliphatic rings. The zero-order valence-corrected chi connectivity index (χ0v) is 84.8. The highest BCUT2D eigenvalue weighted by atomic mass is 14.4. The van der Waals surface area contributed by atoms with E-state index in [2.05, 4.69) is 404 Å². The van der Waals surface area contributed by atoms with Gasteiger partial charge in [0.1, 0.15) is 0 Å². The zero-order chi connectivity index (χ0) is 92.3. The maximum absolute atomic E-state index is 2.65. The average molecular weight is 1700 g/mol. The van der Waals surface area contributed by atoms with Gasteiger partial charge in [-0.1, -0.05) is 374 Å². The fourth-order valence-electron chi connectivity index (χ4n) is 21.8. The number of rotatable bonds is 16. The van der Waals surface area contributed by atoms with Crippen LogP contribution in [0.2, 0.25) is 0 Å². The van der Waals surface area contributed by atoms with Crippen LogP contribution in [0.5, 0.6) is 0 Å². The highest BCUT2D eigenvalue weighted by Crippen LogP contribution is 2.48. The van der Waals surface area contributed by atoms with Crippen LogP contribution in [0, 0.1) is 156 Å². The molecule has 0 amide bonds. The summed E-state index contributed by atoms with van der Waals surface area (Å²) in [5.74, 6) is 5.44. The number of hydrogen-bond acceptors (Lipinski definition) is 0. The molecule has 0 nitrogen and oxygen atoms in total. The van der Waals surface area contributed by atoms with E-state index in [0.717, 1.165) is 48.3 Å². The molecule has 1 atom stereocenters. The molecule has 12 aromatic carbocycles. The van der Waals surface area contributed by atoms with Gasteiger partial charge in [-0.05, 0) is 395 Å². The first-order chi connectivity index (χ1) is 61.1. The molecule has 0 bridgehead atoms. The first-order valence-corrected chi connectivity index (χ1v) is 50.0. The van der Waals surface area contributed by atoms with Crippen molar-refractivity contribution in [2.24, 2.45) is 17.8 Å². The lowest BCUT2D eigenvalue weighted by Gasteiger charge is -2.33. The largest absolute Gasteiger partial charge is 0.0625 e. The second kappa shape index (κ2) is 45.9. The Morgan fingerprint density at radius 3 is 1.08 bits per heavy atom. The molecule has 0 heteroatoms. The second-order valence-corrected chi connectivity index (χ2v) is 41.9. The molecular formula is C128H164. The molecule has 0 spiro atoms. The molecule has 12 aromatic rings. The first-order valence-electron chi connectivity index (χ1n) is 50.0. The van der Waals surface area contributed by atoms with E-state index in [1.165, 1.54) is 283 Å². The van der Waals surface area contributed by atoms with Gasteiger partial charge in [0.25, 0.3) is 0 Å². The predicted molar refractivity (Wildman–Crippen MR) is 560 cm³/mol. The summed E-state index contributed by atoms with van der Waals surface area (Å²) in [7, 11) is 0. The van der Waals surface area contributed by atoms with Crippen LogP contribution in [0.3, 0.4) is 0 Å². The van der Waals surface area contributed by atoms with Gasteiger partial charge in [0.05, 0.1) is 0 Å².